The lowest BCUT2D eigenvalue weighted by molar-refractivity contribution is 0.625. The lowest BCUT2D eigenvalue weighted by atomic mass is 10.2. The molecule has 6 heteroatoms. The highest BCUT2D eigenvalue weighted by Gasteiger charge is 2.20. The van der Waals surface area contributed by atoms with Gasteiger partial charge < -0.3 is 15.5 Å². The number of anilines is 3. The maximum Gasteiger partial charge on any atom is 0.185 e. The first-order chi connectivity index (χ1) is 9.25. The van der Waals surface area contributed by atoms with Crippen LogP contribution in [-0.4, -0.2) is 31.2 Å². The molecule has 19 heavy (non-hydrogen) atoms. The molecule has 0 spiro atoms. The molecule has 0 radical (unpaired) electrons. The first-order valence-electron chi connectivity index (χ1n) is 6.19. The molecular weight excluding hydrogens is 263 g/mol. The molecule has 100 valence electrons. The van der Waals surface area contributed by atoms with E-state index in [0.29, 0.717) is 0 Å². The molecule has 0 amide bonds. The average molecular weight is 278 g/mol. The van der Waals surface area contributed by atoms with Crippen LogP contribution in [0.15, 0.2) is 29.8 Å². The number of nitrogens with two attached hydrogens (primary N) is 1. The largest absolute Gasteiger partial charge is 0.395 e. The molecule has 0 unspecified atom stereocenters. The Labute approximate surface area is 115 Å². The van der Waals surface area contributed by atoms with Crippen LogP contribution in [0.1, 0.15) is 0 Å². The zero-order valence-corrected chi connectivity index (χ0v) is 11.2. The van der Waals surface area contributed by atoms with E-state index < -0.39 is 0 Å². The van der Waals surface area contributed by atoms with Gasteiger partial charge in [0.1, 0.15) is 5.82 Å². The smallest absolute Gasteiger partial charge is 0.185 e. The van der Waals surface area contributed by atoms with Crippen LogP contribution in [0.5, 0.6) is 0 Å². The summed E-state index contributed by atoms with van der Waals surface area (Å²) in [7, 11) is 0. The molecular formula is C13H15FN4S. The predicted molar refractivity (Wildman–Crippen MR) is 77.4 cm³/mol. The van der Waals surface area contributed by atoms with Gasteiger partial charge in [0.25, 0.3) is 0 Å². The third kappa shape index (κ3) is 2.35. The fraction of sp³-hybridized carbons (Fsp3) is 0.308. The third-order valence-electron chi connectivity index (χ3n) is 3.34. The second-order valence-corrected chi connectivity index (χ2v) is 5.33. The Kier molecular flexibility index (Phi) is 3.25. The van der Waals surface area contributed by atoms with Gasteiger partial charge in [-0.15, -0.1) is 11.3 Å². The standard InChI is InChI=1S/C13H15FN4S/c14-10-2-1-3-11(12(10)15)17-5-7-18(8-6-17)13-16-4-9-19-13/h1-4,9H,5-8,15H2. The summed E-state index contributed by atoms with van der Waals surface area (Å²) in [5.41, 5.74) is 6.83. The van der Waals surface area contributed by atoms with Crippen molar-refractivity contribution in [3.63, 3.8) is 0 Å². The van der Waals surface area contributed by atoms with Crippen molar-refractivity contribution in [1.82, 2.24) is 4.98 Å². The minimum Gasteiger partial charge on any atom is -0.395 e. The molecule has 2 aromatic rings. The van der Waals surface area contributed by atoms with E-state index in [1.807, 2.05) is 17.6 Å². The van der Waals surface area contributed by atoms with E-state index in [-0.39, 0.29) is 11.5 Å². The summed E-state index contributed by atoms with van der Waals surface area (Å²) in [6.45, 7) is 3.41. The van der Waals surface area contributed by atoms with Gasteiger partial charge in [-0.2, -0.15) is 0 Å². The molecule has 0 aliphatic carbocycles. The molecule has 2 heterocycles. The number of thiazole rings is 1. The van der Waals surface area contributed by atoms with Crippen LogP contribution in [0.25, 0.3) is 0 Å². The van der Waals surface area contributed by atoms with Crippen molar-refractivity contribution in [3.05, 3.63) is 35.6 Å². The molecule has 0 atom stereocenters. The molecule has 3 rings (SSSR count). The molecule has 2 N–H and O–H groups in total. The summed E-state index contributed by atoms with van der Waals surface area (Å²) in [5, 5.41) is 3.03. The van der Waals surface area contributed by atoms with Gasteiger partial charge in [-0.3, -0.25) is 0 Å². The van der Waals surface area contributed by atoms with Gasteiger partial charge >= 0.3 is 0 Å². The van der Waals surface area contributed by atoms with Gasteiger partial charge in [-0.05, 0) is 12.1 Å². The van der Waals surface area contributed by atoms with Crippen LogP contribution in [0, 0.1) is 5.82 Å². The zero-order valence-electron chi connectivity index (χ0n) is 10.4. The van der Waals surface area contributed by atoms with Gasteiger partial charge in [0.15, 0.2) is 5.13 Å². The summed E-state index contributed by atoms with van der Waals surface area (Å²) in [5.74, 6) is -0.347. The van der Waals surface area contributed by atoms with E-state index in [1.165, 1.54) is 6.07 Å². The normalized spacial score (nSPS) is 15.8. The van der Waals surface area contributed by atoms with Crippen molar-refractivity contribution in [2.45, 2.75) is 0 Å². The molecule has 1 aromatic heterocycles. The molecule has 0 saturated carbocycles. The quantitative estimate of drug-likeness (QED) is 0.855. The highest BCUT2D eigenvalue weighted by molar-refractivity contribution is 7.13. The maximum atomic E-state index is 13.5. The summed E-state index contributed by atoms with van der Waals surface area (Å²) in [6.07, 6.45) is 1.82. The third-order valence-corrected chi connectivity index (χ3v) is 4.17. The Hall–Kier alpha value is -1.82. The molecule has 1 aromatic carbocycles. The molecule has 1 aliphatic rings. The molecule has 1 saturated heterocycles. The summed E-state index contributed by atoms with van der Waals surface area (Å²) in [4.78, 5) is 8.68. The number of halogens is 1. The second kappa shape index (κ2) is 5.05. The van der Waals surface area contributed by atoms with Crippen molar-refractivity contribution in [2.24, 2.45) is 0 Å². The predicted octanol–water partition coefficient (Wildman–Crippen LogP) is 2.19. The monoisotopic (exact) mass is 278 g/mol. The number of aromatic nitrogens is 1. The summed E-state index contributed by atoms with van der Waals surface area (Å²) < 4.78 is 13.5. The van der Waals surface area contributed by atoms with E-state index in [0.717, 1.165) is 37.0 Å². The van der Waals surface area contributed by atoms with E-state index >= 15 is 0 Å². The van der Waals surface area contributed by atoms with Crippen LogP contribution in [0.3, 0.4) is 0 Å². The van der Waals surface area contributed by atoms with E-state index in [2.05, 4.69) is 14.8 Å². The highest BCUT2D eigenvalue weighted by Crippen LogP contribution is 2.27. The molecule has 0 bridgehead atoms. The van der Waals surface area contributed by atoms with E-state index in [4.69, 9.17) is 5.73 Å². The minimum atomic E-state index is -0.347. The van der Waals surface area contributed by atoms with Gasteiger partial charge in [0, 0.05) is 37.8 Å². The van der Waals surface area contributed by atoms with Crippen LogP contribution in [0.4, 0.5) is 20.9 Å². The SMILES string of the molecule is Nc1c(F)cccc1N1CCN(c2nccs2)CC1. The minimum absolute atomic E-state index is 0.241. The first kappa shape index (κ1) is 12.2. The molecule has 1 fully saturated rings. The lowest BCUT2D eigenvalue weighted by Gasteiger charge is -2.36. The lowest BCUT2D eigenvalue weighted by Crippen LogP contribution is -2.46. The fourth-order valence-electron chi connectivity index (χ4n) is 2.31. The van der Waals surface area contributed by atoms with Crippen LogP contribution >= 0.6 is 11.3 Å². The Bertz CT molecular complexity index is 550. The number of nitrogens with zero attached hydrogens (tertiary/aromatic N) is 3. The number of para-hydroxylation sites is 1. The van der Waals surface area contributed by atoms with Crippen molar-refractivity contribution < 1.29 is 4.39 Å². The van der Waals surface area contributed by atoms with Crippen molar-refractivity contribution in [2.75, 3.05) is 41.7 Å². The molecule has 1 aliphatic heterocycles. The van der Waals surface area contributed by atoms with Crippen molar-refractivity contribution >= 4 is 27.8 Å². The Morgan fingerprint density at radius 3 is 2.58 bits per heavy atom. The van der Waals surface area contributed by atoms with Crippen LogP contribution < -0.4 is 15.5 Å². The Balaban J connectivity index is 1.72. The number of nitrogen functional groups attached to an aromatic ring is 1. The average Bonchev–Trinajstić information content (AvgIpc) is 2.96. The molecule has 4 nitrogen and oxygen atoms in total. The number of benzene rings is 1. The Morgan fingerprint density at radius 2 is 1.89 bits per heavy atom. The number of piperazine rings is 1. The topological polar surface area (TPSA) is 45.4 Å². The van der Waals surface area contributed by atoms with Crippen LogP contribution in [0.2, 0.25) is 0 Å². The van der Waals surface area contributed by atoms with Crippen LogP contribution in [-0.2, 0) is 0 Å². The van der Waals surface area contributed by atoms with E-state index in [9.17, 15) is 4.39 Å². The van der Waals surface area contributed by atoms with E-state index in [1.54, 1.807) is 17.4 Å². The Morgan fingerprint density at radius 1 is 1.16 bits per heavy atom. The van der Waals surface area contributed by atoms with Crippen molar-refractivity contribution in [1.29, 1.82) is 0 Å². The highest BCUT2D eigenvalue weighted by atomic mass is 32.1. The second-order valence-electron chi connectivity index (χ2n) is 4.46. The van der Waals surface area contributed by atoms with Gasteiger partial charge in [-0.25, -0.2) is 9.37 Å². The number of rotatable bonds is 2. The number of hydrogen-bond donors (Lipinski definition) is 1. The zero-order chi connectivity index (χ0) is 13.2. The number of hydrogen-bond acceptors (Lipinski definition) is 5. The van der Waals surface area contributed by atoms with Gasteiger partial charge in [0.2, 0.25) is 0 Å². The van der Waals surface area contributed by atoms with Gasteiger partial charge in [0.05, 0.1) is 11.4 Å². The maximum absolute atomic E-state index is 13.5. The summed E-state index contributed by atoms with van der Waals surface area (Å²) >= 11 is 1.64. The summed E-state index contributed by atoms with van der Waals surface area (Å²) in [6, 6.07) is 4.97. The first-order valence-corrected chi connectivity index (χ1v) is 7.07. The fourth-order valence-corrected chi connectivity index (χ4v) is 3.01. The van der Waals surface area contributed by atoms with Crippen molar-refractivity contribution in [3.8, 4) is 0 Å². The van der Waals surface area contributed by atoms with Gasteiger partial charge in [-0.1, -0.05) is 6.07 Å².